The van der Waals surface area contributed by atoms with Gasteiger partial charge in [0, 0.05) is 12.2 Å². The van der Waals surface area contributed by atoms with Gasteiger partial charge in [0.2, 0.25) is 0 Å². The van der Waals surface area contributed by atoms with Crippen LogP contribution in [0.5, 0.6) is 0 Å². The number of carbonyl (C=O) groups is 1. The number of likely N-dealkylation sites (tertiary alicyclic amines) is 1. The molecule has 1 aromatic carbocycles. The lowest BCUT2D eigenvalue weighted by atomic mass is 9.83. The van der Waals surface area contributed by atoms with Crippen LogP contribution in [0, 0.1) is 18.7 Å². The average molecular weight is 540 g/mol. The maximum Gasteiger partial charge on any atom is 0.261 e. The summed E-state index contributed by atoms with van der Waals surface area (Å²) in [6.07, 6.45) is 10.3. The number of amides is 1. The van der Waals surface area contributed by atoms with Crippen LogP contribution in [-0.4, -0.2) is 58.2 Å². The summed E-state index contributed by atoms with van der Waals surface area (Å²) in [6, 6.07) is 4.79. The van der Waals surface area contributed by atoms with Crippen molar-refractivity contribution in [1.29, 1.82) is 0 Å². The van der Waals surface area contributed by atoms with E-state index in [4.69, 9.17) is 0 Å². The highest BCUT2D eigenvalue weighted by atomic mass is 32.1. The minimum Gasteiger partial charge on any atom is -0.393 e. The highest BCUT2D eigenvalue weighted by Gasteiger charge is 2.22. The van der Waals surface area contributed by atoms with Gasteiger partial charge in [0.1, 0.15) is 22.8 Å². The molecule has 2 atom stereocenters. The van der Waals surface area contributed by atoms with Gasteiger partial charge in [-0.15, -0.1) is 11.3 Å². The number of carbonyl (C=O) groups excluding carboxylic acids is 1. The Kier molecular flexibility index (Phi) is 8.86. The van der Waals surface area contributed by atoms with Crippen LogP contribution in [0.25, 0.3) is 10.2 Å². The molecule has 3 N–H and O–H groups in total. The molecule has 1 amide bonds. The molecule has 7 nitrogen and oxygen atoms in total. The molecule has 3 heterocycles. The summed E-state index contributed by atoms with van der Waals surface area (Å²) in [5.74, 6) is 0.737. The third kappa shape index (κ3) is 6.50. The molecule has 2 fully saturated rings. The smallest absolute Gasteiger partial charge is 0.261 e. The van der Waals surface area contributed by atoms with E-state index in [0.717, 1.165) is 91.6 Å². The quantitative estimate of drug-likeness (QED) is 0.291. The van der Waals surface area contributed by atoms with E-state index in [0.29, 0.717) is 23.2 Å². The Hall–Kier alpha value is -2.62. The predicted molar refractivity (Wildman–Crippen MR) is 151 cm³/mol. The Morgan fingerprint density at radius 3 is 2.87 bits per heavy atom. The molecular formula is C29H38FN5O2S. The summed E-state index contributed by atoms with van der Waals surface area (Å²) in [4.78, 5) is 25.8. The number of nitrogens with one attached hydrogen (secondary N) is 2. The van der Waals surface area contributed by atoms with Crippen molar-refractivity contribution < 1.29 is 14.3 Å². The Balaban J connectivity index is 1.28. The molecule has 2 aliphatic rings. The first-order chi connectivity index (χ1) is 18.5. The Morgan fingerprint density at radius 1 is 1.21 bits per heavy atom. The first-order valence-corrected chi connectivity index (χ1v) is 14.8. The predicted octanol–water partition coefficient (Wildman–Crippen LogP) is 5.58. The Labute approximate surface area is 227 Å². The molecule has 1 saturated heterocycles. The fourth-order valence-electron chi connectivity index (χ4n) is 5.88. The zero-order valence-corrected chi connectivity index (χ0v) is 23.0. The van der Waals surface area contributed by atoms with Crippen LogP contribution in [0.1, 0.15) is 72.2 Å². The molecule has 2 aromatic heterocycles. The minimum absolute atomic E-state index is 0.0741. The topological polar surface area (TPSA) is 90.4 Å². The van der Waals surface area contributed by atoms with Crippen LogP contribution in [0.15, 0.2) is 24.5 Å². The molecule has 1 aliphatic heterocycles. The molecule has 0 bridgehead atoms. The SMILES string of the molecule is Cc1c(C(=O)NCCCN2CCCC2)sc2ncnc(Nc3ccc(F)cc3CC[C@H]3CCC[C@H](O)C3)c12. The number of hydrogen-bond donors (Lipinski definition) is 3. The second kappa shape index (κ2) is 12.5. The Bertz CT molecular complexity index is 1260. The standard InChI is InChI=1S/C29H38FN5O2S/c1-19-25-27(34-24-11-10-22(30)17-21(24)9-8-20-6-4-7-23(36)16-20)32-18-33-29(25)38-26(19)28(37)31-12-5-15-35-13-2-3-14-35/h10-11,17-18,20,23,36H,2-9,12-16H2,1H3,(H,31,37)(H,32,33,34)/t20-,23+/m1/s1. The number of rotatable bonds is 10. The van der Waals surface area contributed by atoms with Crippen molar-refractivity contribution in [2.75, 3.05) is 31.5 Å². The van der Waals surface area contributed by atoms with Gasteiger partial charge in [-0.3, -0.25) is 4.79 Å². The van der Waals surface area contributed by atoms with Gasteiger partial charge in [-0.25, -0.2) is 14.4 Å². The molecule has 0 radical (unpaired) electrons. The normalized spacial score (nSPS) is 20.2. The minimum atomic E-state index is -0.266. The van der Waals surface area contributed by atoms with E-state index in [1.54, 1.807) is 12.1 Å². The highest BCUT2D eigenvalue weighted by molar-refractivity contribution is 7.20. The fraction of sp³-hybridized carbons (Fsp3) is 0.552. The first kappa shape index (κ1) is 27.0. The van der Waals surface area contributed by atoms with Crippen molar-refractivity contribution in [3.05, 3.63) is 46.3 Å². The molecule has 3 aromatic rings. The van der Waals surface area contributed by atoms with E-state index in [1.165, 1.54) is 36.6 Å². The number of hydrogen-bond acceptors (Lipinski definition) is 7. The zero-order valence-electron chi connectivity index (χ0n) is 22.1. The zero-order chi connectivity index (χ0) is 26.5. The van der Waals surface area contributed by atoms with Gasteiger partial charge in [-0.1, -0.05) is 12.8 Å². The summed E-state index contributed by atoms with van der Waals surface area (Å²) in [5.41, 5.74) is 2.55. The van der Waals surface area contributed by atoms with Crippen LogP contribution >= 0.6 is 11.3 Å². The second-order valence-corrected chi connectivity index (χ2v) is 11.8. The van der Waals surface area contributed by atoms with Crippen molar-refractivity contribution in [3.8, 4) is 0 Å². The molecule has 1 saturated carbocycles. The summed E-state index contributed by atoms with van der Waals surface area (Å²) >= 11 is 1.38. The van der Waals surface area contributed by atoms with Gasteiger partial charge < -0.3 is 20.6 Å². The number of thiophene rings is 1. The number of benzene rings is 1. The second-order valence-electron chi connectivity index (χ2n) is 10.8. The molecule has 9 heteroatoms. The Morgan fingerprint density at radius 2 is 2.05 bits per heavy atom. The largest absolute Gasteiger partial charge is 0.393 e. The third-order valence-electron chi connectivity index (χ3n) is 7.97. The lowest BCUT2D eigenvalue weighted by Gasteiger charge is -2.26. The lowest BCUT2D eigenvalue weighted by molar-refractivity contribution is 0.0954. The summed E-state index contributed by atoms with van der Waals surface area (Å²) < 4.78 is 14.2. The number of aliphatic hydroxyl groups is 1. The van der Waals surface area contributed by atoms with Crippen LogP contribution < -0.4 is 10.6 Å². The lowest BCUT2D eigenvalue weighted by Crippen LogP contribution is -2.28. The van der Waals surface area contributed by atoms with Crippen molar-refractivity contribution in [2.45, 2.75) is 70.8 Å². The molecule has 0 spiro atoms. The number of fused-ring (bicyclic) bond motifs is 1. The molecule has 38 heavy (non-hydrogen) atoms. The van der Waals surface area contributed by atoms with Crippen LogP contribution in [-0.2, 0) is 6.42 Å². The van der Waals surface area contributed by atoms with E-state index in [1.807, 2.05) is 6.92 Å². The van der Waals surface area contributed by atoms with Gasteiger partial charge in [0.05, 0.1) is 16.4 Å². The van der Waals surface area contributed by atoms with Gasteiger partial charge in [0.25, 0.3) is 5.91 Å². The van der Waals surface area contributed by atoms with E-state index < -0.39 is 0 Å². The summed E-state index contributed by atoms with van der Waals surface area (Å²) in [6.45, 7) is 5.93. The van der Waals surface area contributed by atoms with Gasteiger partial charge in [-0.2, -0.15) is 0 Å². The van der Waals surface area contributed by atoms with E-state index >= 15 is 0 Å². The van der Waals surface area contributed by atoms with E-state index in [9.17, 15) is 14.3 Å². The van der Waals surface area contributed by atoms with Crippen molar-refractivity contribution in [3.63, 3.8) is 0 Å². The van der Waals surface area contributed by atoms with E-state index in [2.05, 4.69) is 25.5 Å². The number of nitrogens with zero attached hydrogens (tertiary/aromatic N) is 3. The number of aromatic nitrogens is 2. The number of aliphatic hydroxyl groups excluding tert-OH is 1. The number of halogens is 1. The van der Waals surface area contributed by atoms with Crippen molar-refractivity contribution >= 4 is 39.0 Å². The van der Waals surface area contributed by atoms with Crippen LogP contribution in [0.4, 0.5) is 15.9 Å². The average Bonchev–Trinajstić information content (AvgIpc) is 3.55. The summed E-state index contributed by atoms with van der Waals surface area (Å²) in [5, 5.41) is 17.3. The molecule has 5 rings (SSSR count). The number of anilines is 2. The first-order valence-electron chi connectivity index (χ1n) is 14.0. The van der Waals surface area contributed by atoms with Crippen molar-refractivity contribution in [2.24, 2.45) is 5.92 Å². The molecular weight excluding hydrogens is 501 g/mol. The molecule has 1 aliphatic carbocycles. The van der Waals surface area contributed by atoms with Gasteiger partial charge in [0.15, 0.2) is 0 Å². The summed E-state index contributed by atoms with van der Waals surface area (Å²) in [7, 11) is 0. The van der Waals surface area contributed by atoms with Crippen LogP contribution in [0.3, 0.4) is 0 Å². The van der Waals surface area contributed by atoms with Gasteiger partial charge >= 0.3 is 0 Å². The van der Waals surface area contributed by atoms with Crippen molar-refractivity contribution in [1.82, 2.24) is 20.2 Å². The van der Waals surface area contributed by atoms with Gasteiger partial charge in [-0.05, 0) is 107 Å². The number of aryl methyl sites for hydroxylation is 2. The molecule has 0 unspecified atom stereocenters. The highest BCUT2D eigenvalue weighted by Crippen LogP contribution is 2.36. The molecule has 204 valence electrons. The maximum atomic E-state index is 14.2. The van der Waals surface area contributed by atoms with Crippen LogP contribution in [0.2, 0.25) is 0 Å². The third-order valence-corrected chi connectivity index (χ3v) is 9.16. The monoisotopic (exact) mass is 539 g/mol. The van der Waals surface area contributed by atoms with E-state index in [-0.39, 0.29) is 17.8 Å². The maximum absolute atomic E-state index is 14.2. The fourth-order valence-corrected chi connectivity index (χ4v) is 6.94.